The van der Waals surface area contributed by atoms with Gasteiger partial charge in [0.2, 0.25) is 0 Å². The van der Waals surface area contributed by atoms with E-state index in [1.165, 1.54) is 12.3 Å². The van der Waals surface area contributed by atoms with E-state index in [4.69, 9.17) is 9.84 Å². The van der Waals surface area contributed by atoms with Crippen LogP contribution in [0.15, 0.2) is 12.3 Å². The number of ether oxygens (including phenoxy) is 1. The van der Waals surface area contributed by atoms with Gasteiger partial charge in [-0.25, -0.2) is 9.78 Å². The summed E-state index contributed by atoms with van der Waals surface area (Å²) in [6.07, 6.45) is 2.23. The predicted octanol–water partition coefficient (Wildman–Crippen LogP) is 1.99. The second-order valence-corrected chi connectivity index (χ2v) is 4.09. The van der Waals surface area contributed by atoms with Gasteiger partial charge in [0.15, 0.2) is 5.69 Å². The van der Waals surface area contributed by atoms with Crippen molar-refractivity contribution in [2.75, 3.05) is 0 Å². The number of rotatable bonds is 5. The molecule has 1 rings (SSSR count). The Kier molecular flexibility index (Phi) is 4.22. The lowest BCUT2D eigenvalue weighted by molar-refractivity contribution is 0.0687. The summed E-state index contributed by atoms with van der Waals surface area (Å²) in [6.45, 7) is 6.10. The highest BCUT2D eigenvalue weighted by Crippen LogP contribution is 2.11. The van der Waals surface area contributed by atoms with Gasteiger partial charge in [-0.1, -0.05) is 13.8 Å². The van der Waals surface area contributed by atoms with Gasteiger partial charge in [0.25, 0.3) is 0 Å². The van der Waals surface area contributed by atoms with Crippen molar-refractivity contribution in [1.29, 1.82) is 0 Å². The molecule has 0 radical (unpaired) electrons. The highest BCUT2D eigenvalue weighted by molar-refractivity contribution is 5.85. The molecular formula is C11H16N2O3. The summed E-state index contributed by atoms with van der Waals surface area (Å²) < 4.78 is 5.43. The molecule has 0 saturated heterocycles. The lowest BCUT2D eigenvalue weighted by Crippen LogP contribution is -2.16. The SMILES string of the molecule is CC(C)CC(C)Oc1nccc(C(=O)O)n1. The molecule has 1 atom stereocenters. The Hall–Kier alpha value is -1.65. The van der Waals surface area contributed by atoms with Crippen LogP contribution >= 0.6 is 0 Å². The molecule has 1 heterocycles. The summed E-state index contributed by atoms with van der Waals surface area (Å²) in [4.78, 5) is 18.3. The third kappa shape index (κ3) is 3.84. The minimum Gasteiger partial charge on any atom is -0.477 e. The van der Waals surface area contributed by atoms with Crippen molar-refractivity contribution < 1.29 is 14.6 Å². The lowest BCUT2D eigenvalue weighted by atomic mass is 10.1. The Morgan fingerprint density at radius 2 is 2.19 bits per heavy atom. The van der Waals surface area contributed by atoms with Crippen LogP contribution in [0.2, 0.25) is 0 Å². The van der Waals surface area contributed by atoms with E-state index < -0.39 is 5.97 Å². The molecule has 1 aromatic rings. The number of nitrogens with zero attached hydrogens (tertiary/aromatic N) is 2. The maximum atomic E-state index is 10.7. The van der Waals surface area contributed by atoms with Gasteiger partial charge in [0.1, 0.15) is 0 Å². The average molecular weight is 224 g/mol. The van der Waals surface area contributed by atoms with Crippen molar-refractivity contribution in [3.63, 3.8) is 0 Å². The van der Waals surface area contributed by atoms with Crippen LogP contribution in [0, 0.1) is 5.92 Å². The number of carbonyl (C=O) groups is 1. The van der Waals surface area contributed by atoms with Crippen LogP contribution < -0.4 is 4.74 Å². The molecule has 5 heteroatoms. The van der Waals surface area contributed by atoms with E-state index in [1.807, 2.05) is 6.92 Å². The van der Waals surface area contributed by atoms with Crippen molar-refractivity contribution in [3.05, 3.63) is 18.0 Å². The van der Waals surface area contributed by atoms with Gasteiger partial charge < -0.3 is 9.84 Å². The molecule has 88 valence electrons. The summed E-state index contributed by atoms with van der Waals surface area (Å²) in [5.74, 6) is -0.568. The third-order valence-electron chi connectivity index (χ3n) is 1.96. The molecule has 0 bridgehead atoms. The topological polar surface area (TPSA) is 72.3 Å². The van der Waals surface area contributed by atoms with Gasteiger partial charge in [0.05, 0.1) is 6.10 Å². The number of aromatic nitrogens is 2. The Balaban J connectivity index is 2.66. The highest BCUT2D eigenvalue weighted by Gasteiger charge is 2.11. The Labute approximate surface area is 94.5 Å². The van der Waals surface area contributed by atoms with Crippen molar-refractivity contribution in [2.45, 2.75) is 33.3 Å². The van der Waals surface area contributed by atoms with Crippen LogP contribution in [-0.4, -0.2) is 27.1 Å². The maximum Gasteiger partial charge on any atom is 0.354 e. The number of hydrogen-bond donors (Lipinski definition) is 1. The Morgan fingerprint density at radius 3 is 2.75 bits per heavy atom. The van der Waals surface area contributed by atoms with E-state index >= 15 is 0 Å². The molecule has 1 N–H and O–H groups in total. The minimum absolute atomic E-state index is 0.0240. The van der Waals surface area contributed by atoms with Crippen LogP contribution in [-0.2, 0) is 0 Å². The van der Waals surface area contributed by atoms with E-state index in [2.05, 4.69) is 23.8 Å². The zero-order valence-corrected chi connectivity index (χ0v) is 9.67. The summed E-state index contributed by atoms with van der Waals surface area (Å²) in [5, 5.41) is 8.74. The van der Waals surface area contributed by atoms with E-state index in [1.54, 1.807) is 0 Å². The van der Waals surface area contributed by atoms with Gasteiger partial charge in [-0.15, -0.1) is 0 Å². The van der Waals surface area contributed by atoms with Gasteiger partial charge >= 0.3 is 12.0 Å². The zero-order valence-electron chi connectivity index (χ0n) is 9.67. The van der Waals surface area contributed by atoms with Crippen LogP contribution in [0.5, 0.6) is 6.01 Å². The normalized spacial score (nSPS) is 12.5. The summed E-state index contributed by atoms with van der Waals surface area (Å²) in [6, 6.07) is 1.45. The van der Waals surface area contributed by atoms with Crippen LogP contribution in [0.4, 0.5) is 0 Å². The molecule has 0 amide bonds. The standard InChI is InChI=1S/C11H16N2O3/c1-7(2)6-8(3)16-11-12-5-4-9(13-11)10(14)15/h4-5,7-8H,6H2,1-3H3,(H,14,15). The fraction of sp³-hybridized carbons (Fsp3) is 0.545. The molecule has 0 aliphatic rings. The highest BCUT2D eigenvalue weighted by atomic mass is 16.5. The summed E-state index contributed by atoms with van der Waals surface area (Å²) >= 11 is 0. The number of carboxylic acid groups (broad SMARTS) is 1. The third-order valence-corrected chi connectivity index (χ3v) is 1.96. The zero-order chi connectivity index (χ0) is 12.1. The molecule has 0 fully saturated rings. The molecular weight excluding hydrogens is 208 g/mol. The second kappa shape index (κ2) is 5.44. The molecule has 0 aliphatic carbocycles. The fourth-order valence-electron chi connectivity index (χ4n) is 1.41. The number of aromatic carboxylic acids is 1. The maximum absolute atomic E-state index is 10.7. The van der Waals surface area contributed by atoms with Crippen molar-refractivity contribution in [3.8, 4) is 6.01 Å². The van der Waals surface area contributed by atoms with Gasteiger partial charge in [-0.2, -0.15) is 4.98 Å². The Bertz CT molecular complexity index is 366. The minimum atomic E-state index is -1.08. The molecule has 1 unspecified atom stereocenters. The first-order valence-corrected chi connectivity index (χ1v) is 5.22. The first-order valence-electron chi connectivity index (χ1n) is 5.22. The molecule has 0 aliphatic heterocycles. The van der Waals surface area contributed by atoms with Crippen LogP contribution in [0.1, 0.15) is 37.7 Å². The lowest BCUT2D eigenvalue weighted by Gasteiger charge is -2.14. The summed E-state index contributed by atoms with van der Waals surface area (Å²) in [5.41, 5.74) is -0.0539. The van der Waals surface area contributed by atoms with Gasteiger partial charge in [-0.3, -0.25) is 0 Å². The van der Waals surface area contributed by atoms with Crippen molar-refractivity contribution in [2.24, 2.45) is 5.92 Å². The van der Waals surface area contributed by atoms with E-state index in [0.29, 0.717) is 5.92 Å². The second-order valence-electron chi connectivity index (χ2n) is 4.09. The molecule has 0 aromatic carbocycles. The van der Waals surface area contributed by atoms with E-state index in [-0.39, 0.29) is 17.8 Å². The average Bonchev–Trinajstić information content (AvgIpc) is 2.16. The molecule has 16 heavy (non-hydrogen) atoms. The molecule has 0 saturated carbocycles. The van der Waals surface area contributed by atoms with E-state index in [0.717, 1.165) is 6.42 Å². The molecule has 5 nitrogen and oxygen atoms in total. The monoisotopic (exact) mass is 224 g/mol. The quantitative estimate of drug-likeness (QED) is 0.828. The smallest absolute Gasteiger partial charge is 0.354 e. The molecule has 0 spiro atoms. The number of carboxylic acids is 1. The van der Waals surface area contributed by atoms with Gasteiger partial charge in [-0.05, 0) is 25.3 Å². The van der Waals surface area contributed by atoms with Gasteiger partial charge in [0, 0.05) is 6.20 Å². The predicted molar refractivity (Wildman–Crippen MR) is 58.5 cm³/mol. The van der Waals surface area contributed by atoms with Crippen LogP contribution in [0.25, 0.3) is 0 Å². The van der Waals surface area contributed by atoms with Crippen molar-refractivity contribution in [1.82, 2.24) is 9.97 Å². The fourth-order valence-corrected chi connectivity index (χ4v) is 1.41. The molecule has 1 aromatic heterocycles. The first kappa shape index (κ1) is 12.4. The van der Waals surface area contributed by atoms with Crippen molar-refractivity contribution >= 4 is 5.97 Å². The summed E-state index contributed by atoms with van der Waals surface area (Å²) in [7, 11) is 0. The number of hydrogen-bond acceptors (Lipinski definition) is 4. The van der Waals surface area contributed by atoms with E-state index in [9.17, 15) is 4.79 Å². The van der Waals surface area contributed by atoms with Crippen LogP contribution in [0.3, 0.4) is 0 Å². The Morgan fingerprint density at radius 1 is 1.50 bits per heavy atom. The largest absolute Gasteiger partial charge is 0.477 e. The first-order chi connectivity index (χ1) is 7.49.